The van der Waals surface area contributed by atoms with Gasteiger partial charge in [-0.3, -0.25) is 9.48 Å². The fraction of sp³-hybridized carbons (Fsp3) is 0.222. The summed E-state index contributed by atoms with van der Waals surface area (Å²) in [7, 11) is 0. The van der Waals surface area contributed by atoms with Gasteiger partial charge >= 0.3 is 0 Å². The number of rotatable bonds is 7. The minimum atomic E-state index is -0.340. The average Bonchev–Trinajstić information content (AvgIpc) is 3.25. The first-order valence-corrected chi connectivity index (χ1v) is 8.73. The second kappa shape index (κ2) is 7.94. The van der Waals surface area contributed by atoms with Crippen molar-refractivity contribution < 1.29 is 13.9 Å². The summed E-state index contributed by atoms with van der Waals surface area (Å²) in [5.41, 5.74) is 1.98. The van der Waals surface area contributed by atoms with Gasteiger partial charge in [0.2, 0.25) is 0 Å². The molecule has 0 spiro atoms. The summed E-state index contributed by atoms with van der Waals surface area (Å²) in [6.45, 7) is 2.92. The van der Waals surface area contributed by atoms with Crippen LogP contribution in [0.5, 0.6) is 5.75 Å². The third kappa shape index (κ3) is 4.67. The molecule has 7 heteroatoms. The van der Waals surface area contributed by atoms with Gasteiger partial charge < -0.3 is 10.1 Å². The lowest BCUT2D eigenvalue weighted by molar-refractivity contribution is -0.123. The number of aryl methyl sites for hydroxylation is 1. The molecule has 3 rings (SSSR count). The number of benzene rings is 1. The van der Waals surface area contributed by atoms with Crippen LogP contribution in [0, 0.1) is 12.7 Å². The van der Waals surface area contributed by atoms with Crippen molar-refractivity contribution in [3.05, 3.63) is 59.4 Å². The van der Waals surface area contributed by atoms with Gasteiger partial charge in [-0.15, -0.1) is 11.3 Å². The number of hydrogen-bond donors (Lipinski definition) is 1. The molecule has 25 heavy (non-hydrogen) atoms. The van der Waals surface area contributed by atoms with E-state index in [-0.39, 0.29) is 18.3 Å². The van der Waals surface area contributed by atoms with Gasteiger partial charge in [-0.25, -0.2) is 4.39 Å². The van der Waals surface area contributed by atoms with Crippen molar-refractivity contribution in [3.8, 4) is 16.3 Å². The molecule has 1 amide bonds. The van der Waals surface area contributed by atoms with E-state index in [1.165, 1.54) is 24.3 Å². The van der Waals surface area contributed by atoms with Gasteiger partial charge in [0, 0.05) is 12.2 Å². The van der Waals surface area contributed by atoms with Crippen molar-refractivity contribution in [3.63, 3.8) is 0 Å². The van der Waals surface area contributed by atoms with Crippen molar-refractivity contribution in [1.29, 1.82) is 0 Å². The monoisotopic (exact) mass is 359 g/mol. The second-order valence-electron chi connectivity index (χ2n) is 5.46. The Labute approximate surface area is 149 Å². The van der Waals surface area contributed by atoms with Crippen molar-refractivity contribution in [2.45, 2.75) is 13.5 Å². The highest BCUT2D eigenvalue weighted by atomic mass is 32.1. The largest absolute Gasteiger partial charge is 0.484 e. The van der Waals surface area contributed by atoms with Crippen LogP contribution in [0.15, 0.2) is 47.8 Å². The van der Waals surface area contributed by atoms with Gasteiger partial charge in [-0.05, 0) is 48.7 Å². The van der Waals surface area contributed by atoms with Crippen molar-refractivity contribution in [2.24, 2.45) is 0 Å². The molecule has 3 aromatic rings. The Morgan fingerprint density at radius 1 is 1.32 bits per heavy atom. The molecule has 0 unspecified atom stereocenters. The standard InChI is InChI=1S/C18H18FN3O2S/c1-13-11-16(17-3-2-10-25-17)21-22(13)9-8-20-18(23)12-24-15-6-4-14(19)5-7-15/h2-7,10-11H,8-9,12H2,1H3,(H,20,23). The van der Waals surface area contributed by atoms with E-state index in [1.807, 2.05) is 35.2 Å². The van der Waals surface area contributed by atoms with E-state index in [4.69, 9.17) is 4.74 Å². The summed E-state index contributed by atoms with van der Waals surface area (Å²) in [6, 6.07) is 11.6. The predicted octanol–water partition coefficient (Wildman–Crippen LogP) is 3.25. The maximum absolute atomic E-state index is 12.8. The minimum absolute atomic E-state index is 0.107. The SMILES string of the molecule is Cc1cc(-c2cccs2)nn1CCNC(=O)COc1ccc(F)cc1. The summed E-state index contributed by atoms with van der Waals surface area (Å²) in [6.07, 6.45) is 0. The van der Waals surface area contributed by atoms with Crippen LogP contribution in [-0.2, 0) is 11.3 Å². The fourth-order valence-corrected chi connectivity index (χ4v) is 2.99. The van der Waals surface area contributed by atoms with Crippen molar-refractivity contribution >= 4 is 17.2 Å². The average molecular weight is 359 g/mol. The maximum atomic E-state index is 12.8. The van der Waals surface area contributed by atoms with E-state index in [0.717, 1.165) is 16.3 Å². The quantitative estimate of drug-likeness (QED) is 0.704. The Hall–Kier alpha value is -2.67. The zero-order valence-corrected chi connectivity index (χ0v) is 14.6. The van der Waals surface area contributed by atoms with Gasteiger partial charge in [0.1, 0.15) is 17.3 Å². The van der Waals surface area contributed by atoms with Crippen LogP contribution in [0.25, 0.3) is 10.6 Å². The smallest absolute Gasteiger partial charge is 0.258 e. The molecule has 2 heterocycles. The molecule has 0 radical (unpaired) electrons. The predicted molar refractivity (Wildman–Crippen MR) is 95.2 cm³/mol. The van der Waals surface area contributed by atoms with Gasteiger partial charge in [-0.2, -0.15) is 5.10 Å². The lowest BCUT2D eigenvalue weighted by Gasteiger charge is -2.08. The normalized spacial score (nSPS) is 10.6. The number of ether oxygens (including phenoxy) is 1. The number of carbonyl (C=O) groups excluding carboxylic acids is 1. The van der Waals surface area contributed by atoms with Crippen molar-refractivity contribution in [2.75, 3.05) is 13.2 Å². The Kier molecular flexibility index (Phi) is 5.45. The van der Waals surface area contributed by atoms with E-state index in [9.17, 15) is 9.18 Å². The highest BCUT2D eigenvalue weighted by Crippen LogP contribution is 2.23. The van der Waals surface area contributed by atoms with Crippen LogP contribution < -0.4 is 10.1 Å². The van der Waals surface area contributed by atoms with Crippen LogP contribution in [0.1, 0.15) is 5.69 Å². The number of amides is 1. The van der Waals surface area contributed by atoms with E-state index in [0.29, 0.717) is 18.8 Å². The maximum Gasteiger partial charge on any atom is 0.258 e. The fourth-order valence-electron chi connectivity index (χ4n) is 2.31. The molecule has 0 saturated heterocycles. The van der Waals surface area contributed by atoms with E-state index in [2.05, 4.69) is 10.4 Å². The van der Waals surface area contributed by atoms with Gasteiger partial charge in [0.25, 0.3) is 5.91 Å². The van der Waals surface area contributed by atoms with E-state index in [1.54, 1.807) is 11.3 Å². The highest BCUT2D eigenvalue weighted by molar-refractivity contribution is 7.13. The minimum Gasteiger partial charge on any atom is -0.484 e. The molecule has 2 aromatic heterocycles. The van der Waals surface area contributed by atoms with E-state index >= 15 is 0 Å². The molecule has 0 atom stereocenters. The lowest BCUT2D eigenvalue weighted by Crippen LogP contribution is -2.31. The summed E-state index contributed by atoms with van der Waals surface area (Å²) in [5, 5.41) is 9.37. The Balaban J connectivity index is 1.44. The number of nitrogens with one attached hydrogen (secondary N) is 1. The molecule has 0 aliphatic rings. The van der Waals surface area contributed by atoms with Crippen LogP contribution >= 0.6 is 11.3 Å². The molecule has 0 aliphatic heterocycles. The molecule has 1 aromatic carbocycles. The van der Waals surface area contributed by atoms with Crippen LogP contribution in [0.4, 0.5) is 4.39 Å². The number of thiophene rings is 1. The van der Waals surface area contributed by atoms with Gasteiger partial charge in [0.15, 0.2) is 6.61 Å². The summed E-state index contributed by atoms with van der Waals surface area (Å²) >= 11 is 1.65. The molecule has 0 saturated carbocycles. The van der Waals surface area contributed by atoms with E-state index < -0.39 is 0 Å². The Bertz CT molecular complexity index is 829. The van der Waals surface area contributed by atoms with Crippen molar-refractivity contribution in [1.82, 2.24) is 15.1 Å². The number of halogens is 1. The topological polar surface area (TPSA) is 56.2 Å². The lowest BCUT2D eigenvalue weighted by atomic mass is 10.3. The molecular weight excluding hydrogens is 341 g/mol. The zero-order valence-electron chi connectivity index (χ0n) is 13.7. The third-order valence-electron chi connectivity index (χ3n) is 3.58. The van der Waals surface area contributed by atoms with Gasteiger partial charge in [-0.1, -0.05) is 6.07 Å². The molecule has 130 valence electrons. The molecule has 1 N–H and O–H groups in total. The first kappa shape index (κ1) is 17.2. The summed E-state index contributed by atoms with van der Waals surface area (Å²) in [5.74, 6) is -0.110. The summed E-state index contributed by atoms with van der Waals surface area (Å²) in [4.78, 5) is 12.9. The Morgan fingerprint density at radius 3 is 2.84 bits per heavy atom. The molecule has 5 nitrogen and oxygen atoms in total. The van der Waals surface area contributed by atoms with Gasteiger partial charge in [0.05, 0.1) is 11.4 Å². The van der Waals surface area contributed by atoms with Crippen LogP contribution in [0.2, 0.25) is 0 Å². The molecule has 0 aliphatic carbocycles. The highest BCUT2D eigenvalue weighted by Gasteiger charge is 2.08. The Morgan fingerprint density at radius 2 is 2.12 bits per heavy atom. The summed E-state index contributed by atoms with van der Waals surface area (Å²) < 4.78 is 20.0. The number of hydrogen-bond acceptors (Lipinski definition) is 4. The molecule has 0 fully saturated rings. The molecular formula is C18H18FN3O2S. The zero-order chi connectivity index (χ0) is 17.6. The third-order valence-corrected chi connectivity index (χ3v) is 4.48. The van der Waals surface area contributed by atoms with Crippen LogP contribution in [0.3, 0.4) is 0 Å². The second-order valence-corrected chi connectivity index (χ2v) is 6.41. The number of aromatic nitrogens is 2. The first-order chi connectivity index (χ1) is 12.1. The number of nitrogens with zero attached hydrogens (tertiary/aromatic N) is 2. The number of carbonyl (C=O) groups is 1. The first-order valence-electron chi connectivity index (χ1n) is 7.85. The van der Waals surface area contributed by atoms with Crippen LogP contribution in [-0.4, -0.2) is 28.8 Å². The molecule has 0 bridgehead atoms.